The van der Waals surface area contributed by atoms with E-state index in [4.69, 9.17) is 0 Å². The summed E-state index contributed by atoms with van der Waals surface area (Å²) in [5.74, 6) is -0.0721. The molecule has 0 bridgehead atoms. The van der Waals surface area contributed by atoms with Gasteiger partial charge in [0, 0.05) is 23.5 Å². The molecular weight excluding hydrogens is 384 g/mol. The van der Waals surface area contributed by atoms with E-state index in [9.17, 15) is 13.2 Å². The summed E-state index contributed by atoms with van der Waals surface area (Å²) in [5.41, 5.74) is 4.93. The van der Waals surface area contributed by atoms with E-state index in [2.05, 4.69) is 4.72 Å². The van der Waals surface area contributed by atoms with Crippen LogP contribution in [0.4, 0.5) is 11.4 Å². The summed E-state index contributed by atoms with van der Waals surface area (Å²) >= 11 is 0. The number of anilines is 2. The molecule has 1 N–H and O–H groups in total. The summed E-state index contributed by atoms with van der Waals surface area (Å²) in [4.78, 5) is 14.8. The Morgan fingerprint density at radius 3 is 2.17 bits per heavy atom. The van der Waals surface area contributed by atoms with Gasteiger partial charge in [-0.25, -0.2) is 8.42 Å². The number of sulfonamides is 1. The van der Waals surface area contributed by atoms with Crippen LogP contribution in [0.25, 0.3) is 0 Å². The topological polar surface area (TPSA) is 66.5 Å². The van der Waals surface area contributed by atoms with Gasteiger partial charge in [-0.15, -0.1) is 0 Å². The number of amides is 1. The lowest BCUT2D eigenvalue weighted by Crippen LogP contribution is -2.28. The van der Waals surface area contributed by atoms with Crippen molar-refractivity contribution in [1.82, 2.24) is 0 Å². The van der Waals surface area contributed by atoms with E-state index in [0.717, 1.165) is 22.4 Å². The van der Waals surface area contributed by atoms with Crippen LogP contribution in [0.1, 0.15) is 27.0 Å². The maximum absolute atomic E-state index is 12.9. The first kappa shape index (κ1) is 19.2. The Kier molecular flexibility index (Phi) is 4.88. The van der Waals surface area contributed by atoms with Crippen LogP contribution in [0, 0.1) is 13.8 Å². The predicted octanol–water partition coefficient (Wildman–Crippen LogP) is 4.31. The number of carbonyl (C=O) groups excluding carboxylic acids is 1. The Hall–Kier alpha value is -3.12. The number of benzene rings is 3. The van der Waals surface area contributed by atoms with Gasteiger partial charge >= 0.3 is 0 Å². The van der Waals surface area contributed by atoms with Crippen molar-refractivity contribution in [3.05, 3.63) is 89.0 Å². The summed E-state index contributed by atoms with van der Waals surface area (Å²) in [6.07, 6.45) is 0.626. The average molecular weight is 407 g/mol. The Morgan fingerprint density at radius 1 is 0.897 bits per heavy atom. The van der Waals surface area contributed by atoms with Crippen LogP contribution in [0.3, 0.4) is 0 Å². The van der Waals surface area contributed by atoms with Crippen LogP contribution >= 0.6 is 0 Å². The first-order chi connectivity index (χ1) is 13.8. The molecule has 0 unspecified atom stereocenters. The highest BCUT2D eigenvalue weighted by atomic mass is 32.2. The molecule has 0 saturated carbocycles. The van der Waals surface area contributed by atoms with Crippen LogP contribution in [0.2, 0.25) is 0 Å². The number of nitrogens with zero attached hydrogens (tertiary/aromatic N) is 1. The zero-order valence-corrected chi connectivity index (χ0v) is 17.2. The largest absolute Gasteiger partial charge is 0.308 e. The minimum Gasteiger partial charge on any atom is -0.308 e. The van der Waals surface area contributed by atoms with Crippen LogP contribution in [0.15, 0.2) is 71.6 Å². The number of fused-ring (bicyclic) bond motifs is 1. The van der Waals surface area contributed by atoms with Gasteiger partial charge in [0.05, 0.1) is 4.90 Å². The maximum Gasteiger partial charge on any atom is 0.261 e. The fourth-order valence-corrected chi connectivity index (χ4v) is 4.55. The molecule has 1 heterocycles. The van der Waals surface area contributed by atoms with Crippen LogP contribution < -0.4 is 9.62 Å². The lowest BCUT2D eigenvalue weighted by Gasteiger charge is -2.18. The third kappa shape index (κ3) is 3.89. The molecule has 3 aromatic rings. The number of hydrogen-bond acceptors (Lipinski definition) is 3. The predicted molar refractivity (Wildman–Crippen MR) is 115 cm³/mol. The van der Waals surface area contributed by atoms with Crippen LogP contribution in [-0.4, -0.2) is 20.9 Å². The maximum atomic E-state index is 12.9. The molecule has 4 rings (SSSR count). The molecule has 6 heteroatoms. The van der Waals surface area contributed by atoms with Crippen molar-refractivity contribution in [2.45, 2.75) is 25.2 Å². The van der Waals surface area contributed by atoms with E-state index in [1.54, 1.807) is 35.2 Å². The van der Waals surface area contributed by atoms with E-state index < -0.39 is 10.0 Å². The summed E-state index contributed by atoms with van der Waals surface area (Å²) in [6.45, 7) is 4.46. The molecule has 1 amide bonds. The summed E-state index contributed by atoms with van der Waals surface area (Å²) in [7, 11) is -3.70. The van der Waals surface area contributed by atoms with Gasteiger partial charge in [0.25, 0.3) is 15.9 Å². The quantitative estimate of drug-likeness (QED) is 0.702. The average Bonchev–Trinajstić information content (AvgIpc) is 3.13. The molecule has 29 heavy (non-hydrogen) atoms. The molecule has 0 saturated heterocycles. The lowest BCUT2D eigenvalue weighted by molar-refractivity contribution is 0.0989. The minimum absolute atomic E-state index is 0.0721. The second kappa shape index (κ2) is 7.37. The van der Waals surface area contributed by atoms with Crippen molar-refractivity contribution >= 4 is 27.3 Å². The molecule has 1 aliphatic heterocycles. The zero-order valence-electron chi connectivity index (χ0n) is 16.3. The third-order valence-corrected chi connectivity index (χ3v) is 6.48. The smallest absolute Gasteiger partial charge is 0.261 e. The molecule has 5 nitrogen and oxygen atoms in total. The lowest BCUT2D eigenvalue weighted by atomic mass is 10.1. The number of nitrogens with one attached hydrogen (secondary N) is 1. The van der Waals surface area contributed by atoms with Crippen LogP contribution in [-0.2, 0) is 16.4 Å². The summed E-state index contributed by atoms with van der Waals surface area (Å²) in [6, 6.07) is 19.6. The first-order valence-corrected chi connectivity index (χ1v) is 10.9. The van der Waals surface area contributed by atoms with Gasteiger partial charge in [0.15, 0.2) is 0 Å². The number of aryl methyl sites for hydroxylation is 2. The third-order valence-electron chi connectivity index (χ3n) is 5.10. The monoisotopic (exact) mass is 406 g/mol. The van der Waals surface area contributed by atoms with Crippen molar-refractivity contribution in [2.75, 3.05) is 16.2 Å². The second-order valence-corrected chi connectivity index (χ2v) is 9.02. The van der Waals surface area contributed by atoms with Gasteiger partial charge < -0.3 is 4.90 Å². The van der Waals surface area contributed by atoms with Crippen molar-refractivity contribution in [2.24, 2.45) is 0 Å². The highest BCUT2D eigenvalue weighted by Crippen LogP contribution is 2.32. The van der Waals surface area contributed by atoms with Crippen molar-refractivity contribution < 1.29 is 13.2 Å². The van der Waals surface area contributed by atoms with E-state index in [-0.39, 0.29) is 10.8 Å². The van der Waals surface area contributed by atoms with E-state index in [1.807, 2.05) is 50.2 Å². The van der Waals surface area contributed by atoms with Gasteiger partial charge in [0.1, 0.15) is 0 Å². The standard InChI is InChI=1S/C23H22N2O3S/c1-16-3-7-18(8-4-16)23(26)25-14-13-19-15-21(11-12-22(19)25)29(27,28)24-20-9-5-17(2)6-10-20/h3-12,15,24H,13-14H2,1-2H3. The van der Waals surface area contributed by atoms with E-state index >= 15 is 0 Å². The fourth-order valence-electron chi connectivity index (χ4n) is 3.44. The molecule has 3 aromatic carbocycles. The van der Waals surface area contributed by atoms with Gasteiger partial charge in [-0.3, -0.25) is 9.52 Å². The van der Waals surface area contributed by atoms with Gasteiger partial charge in [-0.2, -0.15) is 0 Å². The molecule has 0 spiro atoms. The highest BCUT2D eigenvalue weighted by molar-refractivity contribution is 7.92. The van der Waals surface area contributed by atoms with Crippen molar-refractivity contribution in [1.29, 1.82) is 0 Å². The molecule has 0 aliphatic carbocycles. The number of hydrogen-bond donors (Lipinski definition) is 1. The molecular formula is C23H22N2O3S. The summed E-state index contributed by atoms with van der Waals surface area (Å²) < 4.78 is 28.1. The molecule has 1 aliphatic rings. The zero-order chi connectivity index (χ0) is 20.6. The second-order valence-electron chi connectivity index (χ2n) is 7.33. The molecule has 148 valence electrons. The summed E-state index contributed by atoms with van der Waals surface area (Å²) in [5, 5.41) is 0. The Bertz CT molecular complexity index is 1170. The minimum atomic E-state index is -3.70. The Morgan fingerprint density at radius 2 is 1.52 bits per heavy atom. The first-order valence-electron chi connectivity index (χ1n) is 9.44. The van der Waals surface area contributed by atoms with Gasteiger partial charge in [0.2, 0.25) is 0 Å². The number of carbonyl (C=O) groups is 1. The molecule has 0 fully saturated rings. The fraction of sp³-hybridized carbons (Fsp3) is 0.174. The normalized spacial score (nSPS) is 13.2. The Labute approximate surface area is 171 Å². The van der Waals surface area contributed by atoms with Crippen molar-refractivity contribution in [3.63, 3.8) is 0 Å². The van der Waals surface area contributed by atoms with E-state index in [1.165, 1.54) is 0 Å². The molecule has 0 aromatic heterocycles. The molecule has 0 radical (unpaired) electrons. The van der Waals surface area contributed by atoms with Crippen LogP contribution in [0.5, 0.6) is 0 Å². The van der Waals surface area contributed by atoms with Crippen molar-refractivity contribution in [3.8, 4) is 0 Å². The van der Waals surface area contributed by atoms with Gasteiger partial charge in [-0.05, 0) is 68.3 Å². The Balaban J connectivity index is 1.58. The van der Waals surface area contributed by atoms with E-state index in [0.29, 0.717) is 24.2 Å². The highest BCUT2D eigenvalue weighted by Gasteiger charge is 2.27. The number of rotatable bonds is 4. The SMILES string of the molecule is Cc1ccc(NS(=O)(=O)c2ccc3c(c2)CCN3C(=O)c2ccc(C)cc2)cc1. The molecule has 0 atom stereocenters. The van der Waals surface area contributed by atoms with Gasteiger partial charge in [-0.1, -0.05) is 35.4 Å².